The molecule has 0 amide bonds. The first-order chi connectivity index (χ1) is 9.79. The van der Waals surface area contributed by atoms with Gasteiger partial charge in [-0.3, -0.25) is 4.99 Å². The van der Waals surface area contributed by atoms with Gasteiger partial charge in [0, 0.05) is 17.8 Å². The molecule has 0 saturated heterocycles. The maximum atomic E-state index is 13.1. The van der Waals surface area contributed by atoms with Gasteiger partial charge in [-0.2, -0.15) is 13.2 Å². The van der Waals surface area contributed by atoms with Crippen LogP contribution in [0.15, 0.2) is 41.4 Å². The fourth-order valence-electron chi connectivity index (χ4n) is 1.78. The number of nitrogens with zero attached hydrogens (tertiary/aromatic N) is 1. The van der Waals surface area contributed by atoms with Crippen LogP contribution in [-0.4, -0.2) is 11.3 Å². The molecule has 2 rings (SSSR count). The fraction of sp³-hybridized carbons (Fsp3) is 0.133. The van der Waals surface area contributed by atoms with E-state index in [-0.39, 0.29) is 11.3 Å². The maximum absolute atomic E-state index is 13.1. The first kappa shape index (κ1) is 15.0. The van der Waals surface area contributed by atoms with Crippen LogP contribution in [0, 0.1) is 12.7 Å². The summed E-state index contributed by atoms with van der Waals surface area (Å²) in [5.74, 6) is -0.894. The van der Waals surface area contributed by atoms with Gasteiger partial charge in [0.25, 0.3) is 0 Å². The summed E-state index contributed by atoms with van der Waals surface area (Å²) in [7, 11) is 0. The summed E-state index contributed by atoms with van der Waals surface area (Å²) in [4.78, 5) is 3.66. The van der Waals surface area contributed by atoms with Crippen LogP contribution in [0.3, 0.4) is 0 Å². The Labute approximate surface area is 118 Å². The summed E-state index contributed by atoms with van der Waals surface area (Å²) in [6.07, 6.45) is -3.55. The van der Waals surface area contributed by atoms with Crippen molar-refractivity contribution in [2.24, 2.45) is 4.99 Å². The molecule has 2 aromatic rings. The molecule has 110 valence electrons. The lowest BCUT2D eigenvalue weighted by Gasteiger charge is -2.09. The Morgan fingerprint density at radius 3 is 2.52 bits per heavy atom. The van der Waals surface area contributed by atoms with E-state index >= 15 is 0 Å². The molecular formula is C15H11F4NO. The van der Waals surface area contributed by atoms with Crippen LogP contribution in [0.25, 0.3) is 0 Å². The number of phenols is 1. The van der Waals surface area contributed by atoms with Gasteiger partial charge in [0.1, 0.15) is 11.6 Å². The highest BCUT2D eigenvalue weighted by Gasteiger charge is 2.33. The van der Waals surface area contributed by atoms with Gasteiger partial charge in [0.05, 0.1) is 11.3 Å². The highest BCUT2D eigenvalue weighted by molar-refractivity contribution is 5.86. The van der Waals surface area contributed by atoms with E-state index in [0.717, 1.165) is 12.3 Å². The van der Waals surface area contributed by atoms with Crippen LogP contribution in [0.1, 0.15) is 16.7 Å². The van der Waals surface area contributed by atoms with E-state index in [0.29, 0.717) is 17.7 Å². The van der Waals surface area contributed by atoms with E-state index in [4.69, 9.17) is 0 Å². The molecule has 0 radical (unpaired) electrons. The Kier molecular flexibility index (Phi) is 3.97. The zero-order chi connectivity index (χ0) is 15.6. The smallest absolute Gasteiger partial charge is 0.418 e. The molecule has 21 heavy (non-hydrogen) atoms. The van der Waals surface area contributed by atoms with E-state index in [1.165, 1.54) is 6.07 Å². The summed E-state index contributed by atoms with van der Waals surface area (Å²) >= 11 is 0. The number of hydrogen-bond acceptors (Lipinski definition) is 2. The number of benzene rings is 2. The SMILES string of the molecule is Cc1cccc(C=Nc2cc(F)ccc2C(F)(F)F)c1O. The van der Waals surface area contributed by atoms with E-state index in [9.17, 15) is 22.7 Å². The topological polar surface area (TPSA) is 32.6 Å². The second-order valence-electron chi connectivity index (χ2n) is 4.43. The van der Waals surface area contributed by atoms with Crippen molar-refractivity contribution in [1.29, 1.82) is 0 Å². The van der Waals surface area contributed by atoms with E-state index < -0.39 is 23.2 Å². The van der Waals surface area contributed by atoms with Gasteiger partial charge in [0.15, 0.2) is 0 Å². The predicted molar refractivity (Wildman–Crippen MR) is 71.5 cm³/mol. The van der Waals surface area contributed by atoms with Crippen molar-refractivity contribution in [3.05, 3.63) is 58.9 Å². The van der Waals surface area contributed by atoms with Crippen LogP contribution < -0.4 is 0 Å². The molecule has 0 unspecified atom stereocenters. The summed E-state index contributed by atoms with van der Waals surface area (Å²) in [5, 5.41) is 9.77. The number of para-hydroxylation sites is 1. The Morgan fingerprint density at radius 1 is 1.14 bits per heavy atom. The fourth-order valence-corrected chi connectivity index (χ4v) is 1.78. The number of hydrogen-bond donors (Lipinski definition) is 1. The molecule has 0 heterocycles. The zero-order valence-corrected chi connectivity index (χ0v) is 10.9. The third kappa shape index (κ3) is 3.39. The number of phenolic OH excluding ortho intramolecular Hbond substituents is 1. The zero-order valence-electron chi connectivity index (χ0n) is 10.9. The maximum Gasteiger partial charge on any atom is 0.418 e. The number of alkyl halides is 3. The summed E-state index contributed by atoms with van der Waals surface area (Å²) < 4.78 is 51.5. The summed E-state index contributed by atoms with van der Waals surface area (Å²) in [6, 6.07) is 6.84. The summed E-state index contributed by atoms with van der Waals surface area (Å²) in [6.45, 7) is 1.65. The molecule has 6 heteroatoms. The number of aryl methyl sites for hydroxylation is 1. The van der Waals surface area contributed by atoms with Crippen molar-refractivity contribution in [2.45, 2.75) is 13.1 Å². The van der Waals surface area contributed by atoms with Gasteiger partial charge in [0.2, 0.25) is 0 Å². The van der Waals surface area contributed by atoms with Crippen molar-refractivity contribution >= 4 is 11.9 Å². The average molecular weight is 297 g/mol. The minimum Gasteiger partial charge on any atom is -0.507 e. The monoisotopic (exact) mass is 297 g/mol. The predicted octanol–water partition coefficient (Wildman–Crippen LogP) is 4.61. The standard InChI is InChI=1S/C15H11F4NO/c1-9-3-2-4-10(14(9)21)8-20-13-7-11(16)5-6-12(13)15(17,18)19/h2-8,21H,1H3. The molecule has 0 bridgehead atoms. The third-order valence-corrected chi connectivity index (χ3v) is 2.88. The number of aliphatic imine (C=N–C) groups is 1. The van der Waals surface area contributed by atoms with Crippen LogP contribution >= 0.6 is 0 Å². The Bertz CT molecular complexity index is 693. The molecule has 0 aromatic heterocycles. The van der Waals surface area contributed by atoms with Crippen molar-refractivity contribution in [2.75, 3.05) is 0 Å². The van der Waals surface area contributed by atoms with Crippen LogP contribution in [0.2, 0.25) is 0 Å². The molecule has 0 aliphatic carbocycles. The number of halogens is 4. The Balaban J connectivity index is 2.46. The van der Waals surface area contributed by atoms with Crippen LogP contribution in [-0.2, 0) is 6.18 Å². The molecule has 0 fully saturated rings. The molecule has 0 aliphatic rings. The van der Waals surface area contributed by atoms with E-state index in [1.54, 1.807) is 19.1 Å². The molecular weight excluding hydrogens is 286 g/mol. The Hall–Kier alpha value is -2.37. The quantitative estimate of drug-likeness (QED) is 0.637. The van der Waals surface area contributed by atoms with Gasteiger partial charge < -0.3 is 5.11 Å². The van der Waals surface area contributed by atoms with Gasteiger partial charge in [-0.15, -0.1) is 0 Å². The lowest BCUT2D eigenvalue weighted by atomic mass is 10.1. The first-order valence-electron chi connectivity index (χ1n) is 5.98. The molecule has 1 N–H and O–H groups in total. The number of rotatable bonds is 2. The largest absolute Gasteiger partial charge is 0.507 e. The number of aromatic hydroxyl groups is 1. The second kappa shape index (κ2) is 5.55. The van der Waals surface area contributed by atoms with Crippen LogP contribution in [0.4, 0.5) is 23.2 Å². The highest BCUT2D eigenvalue weighted by atomic mass is 19.4. The van der Waals surface area contributed by atoms with Gasteiger partial charge in [-0.05, 0) is 30.7 Å². The van der Waals surface area contributed by atoms with Gasteiger partial charge >= 0.3 is 6.18 Å². The summed E-state index contributed by atoms with van der Waals surface area (Å²) in [5.41, 5.74) is -0.752. The molecule has 0 atom stereocenters. The average Bonchev–Trinajstić information content (AvgIpc) is 2.39. The minimum absolute atomic E-state index is 0.0776. The van der Waals surface area contributed by atoms with E-state index in [2.05, 4.69) is 4.99 Å². The highest BCUT2D eigenvalue weighted by Crippen LogP contribution is 2.36. The van der Waals surface area contributed by atoms with Crippen molar-refractivity contribution < 1.29 is 22.7 Å². The first-order valence-corrected chi connectivity index (χ1v) is 5.98. The lowest BCUT2D eigenvalue weighted by Crippen LogP contribution is -2.05. The van der Waals surface area contributed by atoms with E-state index in [1.807, 2.05) is 0 Å². The van der Waals surface area contributed by atoms with Gasteiger partial charge in [-0.1, -0.05) is 12.1 Å². The normalized spacial score (nSPS) is 12.0. The lowest BCUT2D eigenvalue weighted by molar-refractivity contribution is -0.137. The van der Waals surface area contributed by atoms with Crippen molar-refractivity contribution in [3.8, 4) is 5.75 Å². The van der Waals surface area contributed by atoms with Crippen LogP contribution in [0.5, 0.6) is 5.75 Å². The molecule has 0 spiro atoms. The van der Waals surface area contributed by atoms with Crippen molar-refractivity contribution in [3.63, 3.8) is 0 Å². The Morgan fingerprint density at radius 2 is 1.86 bits per heavy atom. The molecule has 0 saturated carbocycles. The molecule has 0 aliphatic heterocycles. The second-order valence-corrected chi connectivity index (χ2v) is 4.43. The molecule has 2 nitrogen and oxygen atoms in total. The minimum atomic E-state index is -4.63. The van der Waals surface area contributed by atoms with Crippen molar-refractivity contribution in [1.82, 2.24) is 0 Å². The van der Waals surface area contributed by atoms with Gasteiger partial charge in [-0.25, -0.2) is 4.39 Å². The molecule has 2 aromatic carbocycles. The third-order valence-electron chi connectivity index (χ3n) is 2.88.